The maximum absolute atomic E-state index is 10.4. The van der Waals surface area contributed by atoms with Crippen molar-refractivity contribution in [3.63, 3.8) is 0 Å². The number of carbonyl (C=O) groups excluding carboxylic acids is 4. The third-order valence-corrected chi connectivity index (χ3v) is 2.24. The number of carbonyl (C=O) groups is 4. The van der Waals surface area contributed by atoms with E-state index in [2.05, 4.69) is 0 Å². The molecule has 0 rings (SSSR count). The molecule has 137 valence electrons. The van der Waals surface area contributed by atoms with Crippen LogP contribution in [0.5, 0.6) is 0 Å². The summed E-state index contributed by atoms with van der Waals surface area (Å²) in [5, 5.41) is 29.0. The van der Waals surface area contributed by atoms with Gasteiger partial charge < -0.3 is 24.9 Å². The van der Waals surface area contributed by atoms with Gasteiger partial charge in [0.05, 0.1) is 0 Å². The summed E-state index contributed by atoms with van der Waals surface area (Å²) in [5.41, 5.74) is 0. The first-order chi connectivity index (χ1) is 10.7. The molecule has 0 aliphatic rings. The molecule has 0 aromatic carbocycles. The van der Waals surface area contributed by atoms with E-state index in [0.717, 1.165) is 12.8 Å². The van der Waals surface area contributed by atoms with Crippen LogP contribution in [0.25, 0.3) is 0 Å². The Kier molecular flexibility index (Phi) is 31.4. The monoisotopic (exact) mass is 421 g/mol. The molecule has 0 aliphatic heterocycles. The zero-order valence-electron chi connectivity index (χ0n) is 14.7. The molecular formula is C16H27O7Zr. The molecule has 1 radical (unpaired) electrons. The molecule has 0 N–H and O–H groups in total. The normalized spacial score (nSPS) is 8.50. The van der Waals surface area contributed by atoms with Gasteiger partial charge in [-0.15, -0.1) is 6.61 Å². The van der Waals surface area contributed by atoms with Crippen LogP contribution < -0.4 is 15.3 Å². The van der Waals surface area contributed by atoms with Gasteiger partial charge in [0.15, 0.2) is 0 Å². The van der Waals surface area contributed by atoms with Gasteiger partial charge in [-0.05, 0) is 12.8 Å². The average Bonchev–Trinajstić information content (AvgIpc) is 2.39. The predicted molar refractivity (Wildman–Crippen MR) is 78.9 cm³/mol. The van der Waals surface area contributed by atoms with Crippen molar-refractivity contribution in [1.82, 2.24) is 0 Å². The van der Waals surface area contributed by atoms with Crippen LogP contribution in [0.3, 0.4) is 0 Å². The number of carboxylic acid groups (broad SMARTS) is 2. The van der Waals surface area contributed by atoms with Crippen molar-refractivity contribution in [2.75, 3.05) is 6.61 Å². The Morgan fingerprint density at radius 3 is 1.17 bits per heavy atom. The minimum absolute atomic E-state index is 0. The molecule has 0 amide bonds. The standard InChI is InChI=1S/2C6H10O3.C4H9O.Zr/c2*1-2-3-5(7)4-6(8)9;1-2-3-4-5;/h2*2-4H2,1H3,(H,8,9);2-4H2,1H3;/q;;-1;+3/p-2. The minimum atomic E-state index is -1.28. The molecule has 24 heavy (non-hydrogen) atoms. The Morgan fingerprint density at radius 1 is 0.708 bits per heavy atom. The number of carboxylic acids is 2. The average molecular weight is 423 g/mol. The van der Waals surface area contributed by atoms with Crippen molar-refractivity contribution in [2.45, 2.75) is 72.1 Å². The fourth-order valence-electron chi connectivity index (χ4n) is 1.20. The van der Waals surface area contributed by atoms with Crippen LogP contribution in [-0.2, 0) is 45.4 Å². The molecule has 0 saturated carbocycles. The van der Waals surface area contributed by atoms with Crippen LogP contribution in [0.2, 0.25) is 0 Å². The summed E-state index contributed by atoms with van der Waals surface area (Å²) in [6.07, 6.45) is 3.07. The molecule has 0 bridgehead atoms. The summed E-state index contributed by atoms with van der Waals surface area (Å²) < 4.78 is 0. The van der Waals surface area contributed by atoms with Gasteiger partial charge in [-0.3, -0.25) is 9.59 Å². The van der Waals surface area contributed by atoms with Crippen LogP contribution in [0.1, 0.15) is 72.1 Å². The third kappa shape index (κ3) is 37.4. The van der Waals surface area contributed by atoms with Crippen LogP contribution in [0.15, 0.2) is 0 Å². The summed E-state index contributed by atoms with van der Waals surface area (Å²) in [6, 6.07) is 0. The summed E-state index contributed by atoms with van der Waals surface area (Å²) >= 11 is 0. The first-order valence-electron chi connectivity index (χ1n) is 7.76. The minimum Gasteiger partial charge on any atom is -0.854 e. The molecule has 8 heteroatoms. The fraction of sp³-hybridized carbons (Fsp3) is 0.750. The van der Waals surface area contributed by atoms with E-state index >= 15 is 0 Å². The second kappa shape index (κ2) is 24.4. The smallest absolute Gasteiger partial charge is 0.854 e. The third-order valence-electron chi connectivity index (χ3n) is 2.24. The maximum Gasteiger partial charge on any atom is 3.00 e. The fourth-order valence-corrected chi connectivity index (χ4v) is 1.20. The van der Waals surface area contributed by atoms with Gasteiger partial charge in [-0.1, -0.05) is 33.6 Å². The van der Waals surface area contributed by atoms with Crippen molar-refractivity contribution in [2.24, 2.45) is 0 Å². The van der Waals surface area contributed by atoms with Crippen LogP contribution in [0, 0.1) is 0 Å². The molecular weight excluding hydrogens is 395 g/mol. The zero-order chi connectivity index (χ0) is 18.7. The Balaban J connectivity index is -0.000000128. The van der Waals surface area contributed by atoms with Gasteiger partial charge in [0, 0.05) is 37.6 Å². The van der Waals surface area contributed by atoms with E-state index in [-0.39, 0.29) is 44.4 Å². The van der Waals surface area contributed by atoms with Crippen LogP contribution in [0.4, 0.5) is 0 Å². The van der Waals surface area contributed by atoms with Gasteiger partial charge in [-0.25, -0.2) is 0 Å². The van der Waals surface area contributed by atoms with E-state index in [1.54, 1.807) is 0 Å². The Bertz CT molecular complexity index is 311. The second-order valence-electron chi connectivity index (χ2n) is 4.73. The van der Waals surface area contributed by atoms with Crippen molar-refractivity contribution < 1.29 is 60.7 Å². The molecule has 0 fully saturated rings. The van der Waals surface area contributed by atoms with E-state index in [9.17, 15) is 34.5 Å². The van der Waals surface area contributed by atoms with Gasteiger partial charge in [-0.2, -0.15) is 0 Å². The first-order valence-corrected chi connectivity index (χ1v) is 7.76. The number of rotatable bonds is 10. The van der Waals surface area contributed by atoms with E-state index in [4.69, 9.17) is 0 Å². The quantitative estimate of drug-likeness (QED) is 0.417. The number of Topliss-reactive ketones (excluding diaryl/α,β-unsaturated/α-hetero) is 2. The molecule has 0 atom stereocenters. The summed E-state index contributed by atoms with van der Waals surface area (Å²) in [6.45, 7) is 5.76. The van der Waals surface area contributed by atoms with Crippen LogP contribution >= 0.6 is 0 Å². The molecule has 0 aromatic heterocycles. The van der Waals surface area contributed by atoms with E-state index in [1.165, 1.54) is 0 Å². The summed E-state index contributed by atoms with van der Waals surface area (Å²) in [5.74, 6) is -3.07. The first kappa shape index (κ1) is 30.9. The molecule has 0 saturated heterocycles. The molecule has 0 unspecified atom stereocenters. The number of hydrogen-bond donors (Lipinski definition) is 0. The maximum atomic E-state index is 10.4. The Hall–Kier alpha value is -0.877. The number of aliphatic carboxylic acids is 2. The largest absolute Gasteiger partial charge is 3.00 e. The number of unbranched alkanes of at least 4 members (excludes halogenated alkanes) is 1. The summed E-state index contributed by atoms with van der Waals surface area (Å²) in [4.78, 5) is 40.4. The van der Waals surface area contributed by atoms with Crippen molar-refractivity contribution in [3.05, 3.63) is 0 Å². The van der Waals surface area contributed by atoms with Gasteiger partial charge in [0.25, 0.3) is 0 Å². The molecule has 0 aromatic rings. The van der Waals surface area contributed by atoms with Gasteiger partial charge >= 0.3 is 26.2 Å². The number of hydrogen-bond acceptors (Lipinski definition) is 7. The van der Waals surface area contributed by atoms with Crippen LogP contribution in [-0.4, -0.2) is 30.1 Å². The molecule has 0 heterocycles. The second-order valence-corrected chi connectivity index (χ2v) is 4.73. The van der Waals surface area contributed by atoms with Crippen molar-refractivity contribution >= 4 is 23.5 Å². The number of ketones is 2. The van der Waals surface area contributed by atoms with Gasteiger partial charge in [0.2, 0.25) is 0 Å². The van der Waals surface area contributed by atoms with Crippen molar-refractivity contribution in [3.8, 4) is 0 Å². The topological polar surface area (TPSA) is 137 Å². The van der Waals surface area contributed by atoms with Gasteiger partial charge in [0.1, 0.15) is 11.6 Å². The Morgan fingerprint density at radius 2 is 1.04 bits per heavy atom. The van der Waals surface area contributed by atoms with E-state index in [0.29, 0.717) is 25.7 Å². The molecule has 7 nitrogen and oxygen atoms in total. The molecule has 0 spiro atoms. The predicted octanol–water partition coefficient (Wildman–Crippen LogP) is -0.864. The Labute approximate surface area is 163 Å². The van der Waals surface area contributed by atoms with Crippen molar-refractivity contribution in [1.29, 1.82) is 0 Å². The zero-order valence-corrected chi connectivity index (χ0v) is 17.2. The summed E-state index contributed by atoms with van der Waals surface area (Å²) in [7, 11) is 0. The van der Waals surface area contributed by atoms with E-state index < -0.39 is 24.8 Å². The molecule has 0 aliphatic carbocycles. The van der Waals surface area contributed by atoms with E-state index in [1.807, 2.05) is 20.8 Å². The SMILES string of the molecule is CCCC(=O)CC(=O)[O-].CCCC(=O)CC(=O)[O-].CCCC[O-].[Zr+3].